The first-order valence-electron chi connectivity index (χ1n) is 5.32. The molecule has 0 saturated carbocycles. The Bertz CT molecular complexity index is 464. The second-order valence-corrected chi connectivity index (χ2v) is 3.90. The van der Waals surface area contributed by atoms with Crippen LogP contribution in [0, 0.1) is 15.9 Å². The molecule has 2 N–H and O–H groups in total. The van der Waals surface area contributed by atoms with E-state index < -0.39 is 22.4 Å². The molecule has 0 saturated heterocycles. The summed E-state index contributed by atoms with van der Waals surface area (Å²) in [6.07, 6.45) is 0.373. The van der Waals surface area contributed by atoms with Gasteiger partial charge in [0.1, 0.15) is 0 Å². The Hall–Kier alpha value is -2.18. The lowest BCUT2D eigenvalue weighted by Gasteiger charge is -2.13. The van der Waals surface area contributed by atoms with Crippen molar-refractivity contribution in [3.63, 3.8) is 0 Å². The molecule has 0 radical (unpaired) electrons. The molecule has 1 unspecified atom stereocenters. The number of nitrogens with zero attached hydrogens (tertiary/aromatic N) is 1. The molecular weight excluding hydrogens is 243 g/mol. The van der Waals surface area contributed by atoms with Crippen molar-refractivity contribution in [1.82, 2.24) is 0 Å². The van der Waals surface area contributed by atoms with E-state index >= 15 is 0 Å². The summed E-state index contributed by atoms with van der Waals surface area (Å²) >= 11 is 0. The van der Waals surface area contributed by atoms with Crippen LogP contribution in [0.15, 0.2) is 18.2 Å². The van der Waals surface area contributed by atoms with Crippen molar-refractivity contribution < 1.29 is 19.2 Å². The van der Waals surface area contributed by atoms with E-state index in [4.69, 9.17) is 5.11 Å². The molecule has 0 aliphatic carbocycles. The fourth-order valence-electron chi connectivity index (χ4n) is 1.44. The quantitative estimate of drug-likeness (QED) is 0.602. The van der Waals surface area contributed by atoms with E-state index in [9.17, 15) is 19.3 Å². The zero-order valence-electron chi connectivity index (χ0n) is 9.72. The summed E-state index contributed by atoms with van der Waals surface area (Å²) in [7, 11) is 0. The van der Waals surface area contributed by atoms with Crippen LogP contribution in [0.4, 0.5) is 15.8 Å². The number of benzene rings is 1. The highest BCUT2D eigenvalue weighted by Gasteiger charge is 2.15. The Balaban J connectivity index is 2.70. The van der Waals surface area contributed by atoms with Crippen LogP contribution >= 0.6 is 0 Å². The first-order valence-corrected chi connectivity index (χ1v) is 5.32. The molecule has 1 aromatic carbocycles. The van der Waals surface area contributed by atoms with Crippen LogP contribution in [-0.2, 0) is 4.79 Å². The van der Waals surface area contributed by atoms with Crippen LogP contribution in [0.3, 0.4) is 0 Å². The number of anilines is 1. The van der Waals surface area contributed by atoms with Gasteiger partial charge in [-0.15, -0.1) is 0 Å². The van der Waals surface area contributed by atoms with Gasteiger partial charge < -0.3 is 10.4 Å². The third-order valence-electron chi connectivity index (χ3n) is 2.35. The highest BCUT2D eigenvalue weighted by molar-refractivity contribution is 5.66. The minimum absolute atomic E-state index is 0.00253. The number of carbonyl (C=O) groups is 1. The molecule has 0 aromatic heterocycles. The number of nitrogens with one attached hydrogen (secondary N) is 1. The molecule has 0 spiro atoms. The number of hydrogen-bond acceptors (Lipinski definition) is 4. The number of nitro benzene ring substituents is 1. The molecule has 7 heteroatoms. The summed E-state index contributed by atoms with van der Waals surface area (Å²) < 4.78 is 13.1. The van der Waals surface area contributed by atoms with Gasteiger partial charge in [-0.1, -0.05) is 0 Å². The summed E-state index contributed by atoms with van der Waals surface area (Å²) in [6.45, 7) is 1.75. The maximum absolute atomic E-state index is 13.1. The van der Waals surface area contributed by atoms with E-state index in [-0.39, 0.29) is 12.5 Å². The highest BCUT2D eigenvalue weighted by Crippen LogP contribution is 2.22. The second-order valence-electron chi connectivity index (χ2n) is 3.90. The Morgan fingerprint density at radius 1 is 1.61 bits per heavy atom. The van der Waals surface area contributed by atoms with E-state index in [0.29, 0.717) is 12.1 Å². The van der Waals surface area contributed by atoms with E-state index in [0.717, 1.165) is 12.1 Å². The van der Waals surface area contributed by atoms with Gasteiger partial charge >= 0.3 is 11.7 Å². The molecule has 1 rings (SSSR count). The fraction of sp³-hybridized carbons (Fsp3) is 0.364. The topological polar surface area (TPSA) is 92.5 Å². The van der Waals surface area contributed by atoms with Gasteiger partial charge in [-0.05, 0) is 25.5 Å². The maximum Gasteiger partial charge on any atom is 0.306 e. The zero-order valence-corrected chi connectivity index (χ0v) is 9.72. The largest absolute Gasteiger partial charge is 0.481 e. The number of nitro groups is 1. The Labute approximate surface area is 103 Å². The van der Waals surface area contributed by atoms with Gasteiger partial charge in [0.05, 0.1) is 4.92 Å². The summed E-state index contributed by atoms with van der Waals surface area (Å²) in [5, 5.41) is 21.9. The maximum atomic E-state index is 13.1. The van der Waals surface area contributed by atoms with Crippen LogP contribution in [0.25, 0.3) is 0 Å². The average Bonchev–Trinajstić information content (AvgIpc) is 2.28. The zero-order chi connectivity index (χ0) is 13.7. The predicted octanol–water partition coefficient (Wildman–Crippen LogP) is 2.40. The van der Waals surface area contributed by atoms with Crippen molar-refractivity contribution in [2.24, 2.45) is 0 Å². The summed E-state index contributed by atoms with van der Waals surface area (Å²) in [5.41, 5.74) is -0.216. The second kappa shape index (κ2) is 5.95. The fourth-order valence-corrected chi connectivity index (χ4v) is 1.44. The molecule has 6 nitrogen and oxygen atoms in total. The van der Waals surface area contributed by atoms with E-state index in [1.165, 1.54) is 6.07 Å². The van der Waals surface area contributed by atoms with Gasteiger partial charge in [-0.3, -0.25) is 14.9 Å². The molecular formula is C11H13FN2O4. The van der Waals surface area contributed by atoms with Crippen molar-refractivity contribution in [1.29, 1.82) is 0 Å². The number of hydrogen-bond donors (Lipinski definition) is 2. The van der Waals surface area contributed by atoms with E-state index in [2.05, 4.69) is 5.32 Å². The van der Waals surface area contributed by atoms with Gasteiger partial charge in [0.25, 0.3) is 0 Å². The average molecular weight is 256 g/mol. The standard InChI is InChI=1S/C11H13FN2O4/c1-7(2-5-11(15)16)13-8-3-4-9(12)10(6-8)14(17)18/h3-4,6-7,13H,2,5H2,1H3,(H,15,16). The first-order chi connectivity index (χ1) is 8.40. The molecule has 18 heavy (non-hydrogen) atoms. The van der Waals surface area contributed by atoms with Crippen molar-refractivity contribution in [3.05, 3.63) is 34.1 Å². The minimum Gasteiger partial charge on any atom is -0.481 e. The lowest BCUT2D eigenvalue weighted by Crippen LogP contribution is -2.16. The molecule has 1 atom stereocenters. The highest BCUT2D eigenvalue weighted by atomic mass is 19.1. The van der Waals surface area contributed by atoms with Crippen molar-refractivity contribution in [2.45, 2.75) is 25.8 Å². The molecule has 1 aromatic rings. The Kier molecular flexibility index (Phi) is 4.59. The van der Waals surface area contributed by atoms with Crippen LogP contribution in [-0.4, -0.2) is 22.0 Å². The van der Waals surface area contributed by atoms with E-state index in [1.807, 2.05) is 0 Å². The third kappa shape index (κ3) is 4.00. The molecule has 0 fully saturated rings. The molecule has 0 bridgehead atoms. The minimum atomic E-state index is -0.909. The predicted molar refractivity (Wildman–Crippen MR) is 63.0 cm³/mol. The van der Waals surface area contributed by atoms with Crippen LogP contribution < -0.4 is 5.32 Å². The molecule has 0 heterocycles. The van der Waals surface area contributed by atoms with Gasteiger partial charge in [-0.2, -0.15) is 4.39 Å². The number of carboxylic acid groups (broad SMARTS) is 1. The van der Waals surface area contributed by atoms with Crippen molar-refractivity contribution >= 4 is 17.3 Å². The summed E-state index contributed by atoms with van der Waals surface area (Å²) in [6, 6.07) is 3.29. The number of aliphatic carboxylic acids is 1. The van der Waals surface area contributed by atoms with Crippen LogP contribution in [0.5, 0.6) is 0 Å². The lowest BCUT2D eigenvalue weighted by molar-refractivity contribution is -0.387. The normalized spacial score (nSPS) is 11.9. The smallest absolute Gasteiger partial charge is 0.306 e. The number of rotatable bonds is 6. The summed E-state index contributed by atoms with van der Waals surface area (Å²) in [5.74, 6) is -1.81. The Morgan fingerprint density at radius 3 is 2.83 bits per heavy atom. The number of carboxylic acids is 1. The van der Waals surface area contributed by atoms with Gasteiger partial charge in [0.15, 0.2) is 0 Å². The Morgan fingerprint density at radius 2 is 2.28 bits per heavy atom. The van der Waals surface area contributed by atoms with E-state index in [1.54, 1.807) is 6.92 Å². The van der Waals surface area contributed by atoms with Gasteiger partial charge in [-0.25, -0.2) is 0 Å². The van der Waals surface area contributed by atoms with Crippen molar-refractivity contribution in [2.75, 3.05) is 5.32 Å². The van der Waals surface area contributed by atoms with Crippen LogP contribution in [0.2, 0.25) is 0 Å². The third-order valence-corrected chi connectivity index (χ3v) is 2.35. The molecule has 98 valence electrons. The number of halogens is 1. The van der Waals surface area contributed by atoms with Gasteiger partial charge in [0.2, 0.25) is 5.82 Å². The van der Waals surface area contributed by atoms with Crippen molar-refractivity contribution in [3.8, 4) is 0 Å². The lowest BCUT2D eigenvalue weighted by atomic mass is 10.1. The first kappa shape index (κ1) is 13.9. The molecule has 0 amide bonds. The van der Waals surface area contributed by atoms with Gasteiger partial charge in [0, 0.05) is 24.2 Å². The molecule has 0 aliphatic rings. The SMILES string of the molecule is CC(CCC(=O)O)Nc1ccc(F)c([N+](=O)[O-])c1. The monoisotopic (exact) mass is 256 g/mol. The molecule has 0 aliphatic heterocycles. The summed E-state index contributed by atoms with van der Waals surface area (Å²) in [4.78, 5) is 20.1. The van der Waals surface area contributed by atoms with Crippen LogP contribution in [0.1, 0.15) is 19.8 Å².